The van der Waals surface area contributed by atoms with Crippen LogP contribution in [0.1, 0.15) is 33.6 Å². The normalized spacial score (nSPS) is 16.4. The molecule has 7 nitrogen and oxygen atoms in total. The first-order valence-electron chi connectivity index (χ1n) is 8.51. The summed E-state index contributed by atoms with van der Waals surface area (Å²) in [6.45, 7) is 6.00. The number of urea groups is 1. The number of nitrogens with one attached hydrogen (secondary N) is 1. The molecule has 0 atom stereocenters. The van der Waals surface area contributed by atoms with Gasteiger partial charge in [0.1, 0.15) is 10.8 Å². The quantitative estimate of drug-likeness (QED) is 0.418. The molecule has 0 unspecified atom stereocenters. The number of amides is 2. The fourth-order valence-electron chi connectivity index (χ4n) is 2.49. The van der Waals surface area contributed by atoms with Crippen LogP contribution in [0.5, 0.6) is 5.75 Å². The number of unbranched alkanes of at least 4 members (excludes halogenated alkanes) is 1. The molecular formula is C18H24N2O5S2. The summed E-state index contributed by atoms with van der Waals surface area (Å²) in [5.74, 6) is 0.581. The topological polar surface area (TPSA) is 95.9 Å². The highest BCUT2D eigenvalue weighted by molar-refractivity contribution is 8.03. The zero-order chi connectivity index (χ0) is 20.1. The van der Waals surface area contributed by atoms with Crippen molar-refractivity contribution in [2.75, 3.05) is 6.61 Å². The molecule has 2 N–H and O–H groups in total. The fourth-order valence-corrected chi connectivity index (χ4v) is 4.87. The first-order valence-corrected chi connectivity index (χ1v) is 10.9. The Morgan fingerprint density at radius 3 is 2.56 bits per heavy atom. The van der Waals surface area contributed by atoms with E-state index in [2.05, 4.69) is 6.92 Å². The van der Waals surface area contributed by atoms with Crippen LogP contribution in [0.4, 0.5) is 4.79 Å². The molecule has 1 heterocycles. The van der Waals surface area contributed by atoms with Gasteiger partial charge in [0.15, 0.2) is 0 Å². The molecule has 1 aliphatic rings. The Balaban J connectivity index is 2.39. The molecule has 0 saturated carbocycles. The third kappa shape index (κ3) is 4.85. The van der Waals surface area contributed by atoms with E-state index in [9.17, 15) is 13.2 Å². The first kappa shape index (κ1) is 21.3. The number of benzene rings is 1. The van der Waals surface area contributed by atoms with Gasteiger partial charge < -0.3 is 4.74 Å². The Hall–Kier alpha value is -1.97. The molecule has 0 bridgehead atoms. The van der Waals surface area contributed by atoms with Gasteiger partial charge in [-0.15, -0.1) is 11.8 Å². The zero-order valence-corrected chi connectivity index (χ0v) is 17.1. The summed E-state index contributed by atoms with van der Waals surface area (Å²) in [5, 5.41) is 10.6. The number of thioether (sulfide) groups is 1. The Morgan fingerprint density at radius 1 is 1.30 bits per heavy atom. The third-order valence-corrected chi connectivity index (χ3v) is 6.72. The molecule has 2 rings (SSSR count). The van der Waals surface area contributed by atoms with Crippen LogP contribution in [0.15, 0.2) is 51.8 Å². The molecule has 2 amide bonds. The summed E-state index contributed by atoms with van der Waals surface area (Å²) < 4.78 is 31.9. The largest absolute Gasteiger partial charge is 0.494 e. The van der Waals surface area contributed by atoms with Crippen molar-refractivity contribution in [2.24, 2.45) is 0 Å². The number of carbonyl (C=O) groups excluding carboxylic acids is 1. The van der Waals surface area contributed by atoms with Gasteiger partial charge in [-0.2, -0.15) is 0 Å². The minimum absolute atomic E-state index is 0.0310. The Labute approximate surface area is 164 Å². The lowest BCUT2D eigenvalue weighted by Gasteiger charge is -2.36. The molecule has 148 valence electrons. The number of nitrogens with zero attached hydrogens (tertiary/aromatic N) is 1. The second-order valence-electron chi connectivity index (χ2n) is 6.33. The van der Waals surface area contributed by atoms with E-state index in [0.29, 0.717) is 12.4 Å². The Bertz CT molecular complexity index is 830. The van der Waals surface area contributed by atoms with Gasteiger partial charge in [-0.1, -0.05) is 19.4 Å². The number of hydroxylamine groups is 1. The van der Waals surface area contributed by atoms with E-state index in [4.69, 9.17) is 9.94 Å². The summed E-state index contributed by atoms with van der Waals surface area (Å²) in [4.78, 5) is 12.4. The van der Waals surface area contributed by atoms with Gasteiger partial charge in [0.05, 0.1) is 16.4 Å². The van der Waals surface area contributed by atoms with E-state index in [-0.39, 0.29) is 9.92 Å². The molecule has 1 aromatic rings. The van der Waals surface area contributed by atoms with Crippen molar-refractivity contribution in [3.63, 3.8) is 0 Å². The van der Waals surface area contributed by atoms with Gasteiger partial charge in [-0.05, 0) is 56.0 Å². The lowest BCUT2D eigenvalue weighted by Crippen LogP contribution is -2.49. The Morgan fingerprint density at radius 2 is 1.96 bits per heavy atom. The van der Waals surface area contributed by atoms with Crippen LogP contribution >= 0.6 is 11.8 Å². The maximum atomic E-state index is 13.2. The van der Waals surface area contributed by atoms with Crippen LogP contribution < -0.4 is 10.2 Å². The van der Waals surface area contributed by atoms with Crippen molar-refractivity contribution in [1.29, 1.82) is 0 Å². The van der Waals surface area contributed by atoms with Crippen LogP contribution in [0.3, 0.4) is 0 Å². The van der Waals surface area contributed by atoms with E-state index >= 15 is 0 Å². The van der Waals surface area contributed by atoms with Crippen molar-refractivity contribution < 1.29 is 23.2 Å². The van der Waals surface area contributed by atoms with Crippen molar-refractivity contribution in [1.82, 2.24) is 10.4 Å². The smallest absolute Gasteiger partial charge is 0.347 e. The summed E-state index contributed by atoms with van der Waals surface area (Å²) in [6.07, 6.45) is 4.83. The molecule has 0 aliphatic carbocycles. The average molecular weight is 413 g/mol. The van der Waals surface area contributed by atoms with E-state index in [1.54, 1.807) is 37.5 Å². The number of carbonyl (C=O) groups is 1. The van der Waals surface area contributed by atoms with E-state index in [1.807, 2.05) is 0 Å². The molecule has 0 fully saturated rings. The first-order chi connectivity index (χ1) is 12.7. The average Bonchev–Trinajstić information content (AvgIpc) is 2.80. The lowest BCUT2D eigenvalue weighted by atomic mass is 10.3. The number of ether oxygens (including phenoxy) is 1. The summed E-state index contributed by atoms with van der Waals surface area (Å²) in [6, 6.07) is 5.14. The van der Waals surface area contributed by atoms with Gasteiger partial charge in [-0.3, -0.25) is 10.1 Å². The highest BCUT2D eigenvalue weighted by Gasteiger charge is 2.40. The maximum Gasteiger partial charge on any atom is 0.347 e. The number of hydrogen-bond acceptors (Lipinski definition) is 6. The van der Waals surface area contributed by atoms with Crippen molar-refractivity contribution in [2.45, 2.75) is 43.4 Å². The minimum Gasteiger partial charge on any atom is -0.494 e. The number of sulfone groups is 1. The zero-order valence-electron chi connectivity index (χ0n) is 15.5. The van der Waals surface area contributed by atoms with E-state index < -0.39 is 20.7 Å². The van der Waals surface area contributed by atoms with Gasteiger partial charge in [-0.25, -0.2) is 18.7 Å². The second kappa shape index (κ2) is 8.81. The maximum absolute atomic E-state index is 13.2. The van der Waals surface area contributed by atoms with Crippen molar-refractivity contribution in [3.8, 4) is 5.75 Å². The van der Waals surface area contributed by atoms with Gasteiger partial charge in [0.2, 0.25) is 9.84 Å². The molecule has 0 aromatic heterocycles. The molecule has 0 spiro atoms. The molecule has 9 heteroatoms. The van der Waals surface area contributed by atoms with Crippen molar-refractivity contribution >= 4 is 27.6 Å². The highest BCUT2D eigenvalue weighted by atomic mass is 32.2. The SMILES string of the molecule is CCCCOc1ccc(S(=O)(=O)C2=CC=CSC(C)(C)N2C(=O)NO)cc1. The molecule has 1 aliphatic heterocycles. The predicted octanol–water partition coefficient (Wildman–Crippen LogP) is 3.88. The third-order valence-electron chi connectivity index (χ3n) is 3.91. The number of rotatable bonds is 6. The standard InChI is InChI=1S/C18H24N2O5S2/c1-4-5-12-25-14-8-10-15(11-9-14)27(23,24)16-7-6-13-26-18(2,3)20(16)17(21)19-22/h6-11,13,22H,4-5,12H2,1-3H3,(H,19,21). The van der Waals surface area contributed by atoms with Gasteiger partial charge >= 0.3 is 6.03 Å². The van der Waals surface area contributed by atoms with E-state index in [0.717, 1.165) is 17.7 Å². The van der Waals surface area contributed by atoms with Crippen LogP contribution in [0.25, 0.3) is 0 Å². The fraction of sp³-hybridized carbons (Fsp3) is 0.389. The molecular weight excluding hydrogens is 388 g/mol. The van der Waals surface area contributed by atoms with Crippen LogP contribution in [0, 0.1) is 0 Å². The Kier molecular flexibility index (Phi) is 6.96. The summed E-state index contributed by atoms with van der Waals surface area (Å²) in [5.41, 5.74) is 1.53. The molecule has 0 radical (unpaired) electrons. The number of hydrogen-bond donors (Lipinski definition) is 2. The highest BCUT2D eigenvalue weighted by Crippen LogP contribution is 2.38. The second-order valence-corrected chi connectivity index (χ2v) is 9.73. The summed E-state index contributed by atoms with van der Waals surface area (Å²) in [7, 11) is -4.01. The minimum atomic E-state index is -4.01. The number of allylic oxidation sites excluding steroid dienone is 2. The van der Waals surface area contributed by atoms with Gasteiger partial charge in [0.25, 0.3) is 0 Å². The van der Waals surface area contributed by atoms with Gasteiger partial charge in [0, 0.05) is 0 Å². The lowest BCUT2D eigenvalue weighted by molar-refractivity contribution is 0.129. The monoisotopic (exact) mass is 412 g/mol. The molecule has 27 heavy (non-hydrogen) atoms. The molecule has 1 aromatic carbocycles. The molecule has 0 saturated heterocycles. The van der Waals surface area contributed by atoms with Crippen molar-refractivity contribution in [3.05, 3.63) is 46.9 Å². The summed E-state index contributed by atoms with van der Waals surface area (Å²) >= 11 is 1.26. The predicted molar refractivity (Wildman–Crippen MR) is 105 cm³/mol. The van der Waals surface area contributed by atoms with Crippen LogP contribution in [-0.2, 0) is 9.84 Å². The van der Waals surface area contributed by atoms with E-state index in [1.165, 1.54) is 35.5 Å². The van der Waals surface area contributed by atoms with Crippen LogP contribution in [0.2, 0.25) is 0 Å². The van der Waals surface area contributed by atoms with Crippen LogP contribution in [-0.4, -0.2) is 36.0 Å².